The number of thiophene rings is 1. The first kappa shape index (κ1) is 21.9. The van der Waals surface area contributed by atoms with Crippen LogP contribution in [0.2, 0.25) is 0 Å². The number of guanidine groups is 1. The maximum Gasteiger partial charge on any atom is 0.193 e. The summed E-state index contributed by atoms with van der Waals surface area (Å²) in [5, 5.41) is 15.5. The molecule has 1 atom stereocenters. The molecule has 138 valence electrons. The molecule has 0 aliphatic rings. The maximum atomic E-state index is 12.9. The Morgan fingerprint density at radius 1 is 1.32 bits per heavy atom. The molecule has 2 N–H and O–H groups in total. The highest BCUT2D eigenvalue weighted by Gasteiger charge is 2.10. The zero-order valence-electron chi connectivity index (χ0n) is 14.5. The highest BCUT2D eigenvalue weighted by molar-refractivity contribution is 14.0. The molecule has 4 nitrogen and oxygen atoms in total. The summed E-state index contributed by atoms with van der Waals surface area (Å²) in [6.07, 6.45) is 0.212. The van der Waals surface area contributed by atoms with Crippen LogP contribution in [-0.4, -0.2) is 42.6 Å². The fourth-order valence-corrected chi connectivity index (χ4v) is 2.97. The molecule has 0 saturated heterocycles. The van der Waals surface area contributed by atoms with E-state index in [1.165, 1.54) is 17.0 Å². The monoisotopic (exact) mass is 477 g/mol. The van der Waals surface area contributed by atoms with Gasteiger partial charge in [0.1, 0.15) is 5.82 Å². The highest BCUT2D eigenvalue weighted by Crippen LogP contribution is 2.14. The second-order valence-electron chi connectivity index (χ2n) is 5.51. The first-order chi connectivity index (χ1) is 11.6. The summed E-state index contributed by atoms with van der Waals surface area (Å²) in [5.74, 6) is 0.450. The third-order valence-electron chi connectivity index (χ3n) is 3.64. The molecule has 1 aromatic heterocycles. The quantitative estimate of drug-likeness (QED) is 0.364. The van der Waals surface area contributed by atoms with Gasteiger partial charge in [0.2, 0.25) is 0 Å². The van der Waals surface area contributed by atoms with Crippen LogP contribution in [0.3, 0.4) is 0 Å². The number of halogens is 2. The van der Waals surface area contributed by atoms with Crippen LogP contribution in [0.15, 0.2) is 46.8 Å². The number of likely N-dealkylation sites (N-methyl/N-ethyl adjacent to an activating group) is 1. The molecule has 0 fully saturated rings. The zero-order chi connectivity index (χ0) is 17.4. The summed E-state index contributed by atoms with van der Waals surface area (Å²) < 4.78 is 12.9. The predicted molar refractivity (Wildman–Crippen MR) is 113 cm³/mol. The van der Waals surface area contributed by atoms with Crippen LogP contribution in [0.5, 0.6) is 0 Å². The van der Waals surface area contributed by atoms with Crippen molar-refractivity contribution in [2.24, 2.45) is 4.99 Å². The van der Waals surface area contributed by atoms with Gasteiger partial charge in [-0.2, -0.15) is 0 Å². The zero-order valence-corrected chi connectivity index (χ0v) is 17.6. The van der Waals surface area contributed by atoms with Crippen LogP contribution in [0.4, 0.5) is 4.39 Å². The van der Waals surface area contributed by atoms with E-state index in [-0.39, 0.29) is 36.3 Å². The molecular weight excluding hydrogens is 452 g/mol. The largest absolute Gasteiger partial charge is 0.386 e. The minimum Gasteiger partial charge on any atom is -0.386 e. The van der Waals surface area contributed by atoms with E-state index in [9.17, 15) is 9.50 Å². The Bertz CT molecular complexity index is 634. The molecule has 0 saturated carbocycles. The summed E-state index contributed by atoms with van der Waals surface area (Å²) in [5.41, 5.74) is 0.664. The van der Waals surface area contributed by atoms with Gasteiger partial charge in [0.15, 0.2) is 5.96 Å². The van der Waals surface area contributed by atoms with E-state index in [1.54, 1.807) is 23.5 Å². The van der Waals surface area contributed by atoms with Gasteiger partial charge < -0.3 is 15.3 Å². The second-order valence-corrected chi connectivity index (χ2v) is 6.55. The Hall–Kier alpha value is -1.19. The summed E-state index contributed by atoms with van der Waals surface area (Å²) in [4.78, 5) is 7.90. The first-order valence-corrected chi connectivity index (χ1v) is 8.93. The Balaban J connectivity index is 0.00000312. The SMILES string of the molecule is CCNC(=NCC(O)c1ccc(F)cc1)N(C)CCc1cccs1.I. The summed E-state index contributed by atoms with van der Waals surface area (Å²) in [7, 11) is 1.99. The molecule has 0 aliphatic heterocycles. The number of rotatable bonds is 7. The van der Waals surface area contributed by atoms with Gasteiger partial charge in [-0.1, -0.05) is 18.2 Å². The van der Waals surface area contributed by atoms with Gasteiger partial charge in [0, 0.05) is 25.0 Å². The van der Waals surface area contributed by atoms with Crippen molar-refractivity contribution in [1.82, 2.24) is 10.2 Å². The van der Waals surface area contributed by atoms with Crippen LogP contribution in [0.1, 0.15) is 23.5 Å². The van der Waals surface area contributed by atoms with E-state index in [0.717, 1.165) is 25.5 Å². The third-order valence-corrected chi connectivity index (χ3v) is 4.58. The predicted octanol–water partition coefficient (Wildman–Crippen LogP) is 3.68. The van der Waals surface area contributed by atoms with Gasteiger partial charge in [-0.3, -0.25) is 4.99 Å². The van der Waals surface area contributed by atoms with Gasteiger partial charge in [-0.05, 0) is 42.5 Å². The molecule has 2 aromatic rings. The number of nitrogens with zero attached hydrogens (tertiary/aromatic N) is 2. The van der Waals surface area contributed by atoms with Crippen LogP contribution in [0.25, 0.3) is 0 Å². The number of nitrogens with one attached hydrogen (secondary N) is 1. The molecule has 2 rings (SSSR count). The molecule has 0 amide bonds. The lowest BCUT2D eigenvalue weighted by Gasteiger charge is -2.22. The van der Waals surface area contributed by atoms with Gasteiger partial charge in [-0.15, -0.1) is 35.3 Å². The van der Waals surface area contributed by atoms with Gasteiger partial charge in [0.05, 0.1) is 12.6 Å². The van der Waals surface area contributed by atoms with E-state index in [1.807, 2.05) is 14.0 Å². The minimum absolute atomic E-state index is 0. The number of aliphatic hydroxyl groups excluding tert-OH is 1. The van der Waals surface area contributed by atoms with E-state index >= 15 is 0 Å². The number of hydrogen-bond donors (Lipinski definition) is 2. The van der Waals surface area contributed by atoms with E-state index < -0.39 is 6.10 Å². The standard InChI is InChI=1S/C18H24FN3OS.HI/c1-3-20-18(22(2)11-10-16-5-4-12-24-16)21-13-17(23)14-6-8-15(19)9-7-14;/h4-9,12,17,23H,3,10-11,13H2,1-2H3,(H,20,21);1H. The number of aliphatic hydroxyl groups is 1. The second kappa shape index (κ2) is 11.4. The number of hydrogen-bond acceptors (Lipinski definition) is 3. The van der Waals surface area contributed by atoms with Crippen LogP contribution in [0, 0.1) is 5.82 Å². The van der Waals surface area contributed by atoms with E-state index in [4.69, 9.17) is 0 Å². The molecule has 1 unspecified atom stereocenters. The number of benzene rings is 1. The van der Waals surface area contributed by atoms with Crippen molar-refractivity contribution >= 4 is 41.3 Å². The Morgan fingerprint density at radius 2 is 2.04 bits per heavy atom. The normalized spacial score (nSPS) is 12.4. The lowest BCUT2D eigenvalue weighted by Crippen LogP contribution is -2.40. The molecule has 25 heavy (non-hydrogen) atoms. The Kier molecular flexibility index (Phi) is 9.99. The van der Waals surface area contributed by atoms with Gasteiger partial charge in [-0.25, -0.2) is 4.39 Å². The molecular formula is C18H25FIN3OS. The fraction of sp³-hybridized carbons (Fsp3) is 0.389. The van der Waals surface area contributed by atoms with Crippen molar-refractivity contribution in [3.63, 3.8) is 0 Å². The van der Waals surface area contributed by atoms with Crippen LogP contribution < -0.4 is 5.32 Å². The maximum absolute atomic E-state index is 12.9. The van der Waals surface area contributed by atoms with Crippen molar-refractivity contribution < 1.29 is 9.50 Å². The Labute approximate surface area is 169 Å². The van der Waals surface area contributed by atoms with E-state index in [2.05, 4.69) is 32.7 Å². The fourth-order valence-electron chi connectivity index (χ4n) is 2.27. The van der Waals surface area contributed by atoms with Crippen molar-refractivity contribution in [3.05, 3.63) is 58.0 Å². The molecule has 0 radical (unpaired) electrons. The van der Waals surface area contributed by atoms with Crippen LogP contribution in [-0.2, 0) is 6.42 Å². The molecule has 0 bridgehead atoms. The summed E-state index contributed by atoms with van der Waals surface area (Å²) in [6.45, 7) is 3.85. The minimum atomic E-state index is -0.745. The van der Waals surface area contributed by atoms with Crippen molar-refractivity contribution in [3.8, 4) is 0 Å². The smallest absolute Gasteiger partial charge is 0.193 e. The van der Waals surface area contributed by atoms with E-state index in [0.29, 0.717) is 5.56 Å². The summed E-state index contributed by atoms with van der Waals surface area (Å²) >= 11 is 1.75. The average Bonchev–Trinajstić information content (AvgIpc) is 3.10. The van der Waals surface area contributed by atoms with Gasteiger partial charge >= 0.3 is 0 Å². The highest BCUT2D eigenvalue weighted by atomic mass is 127. The number of aliphatic imine (C=N–C) groups is 1. The lowest BCUT2D eigenvalue weighted by atomic mass is 10.1. The van der Waals surface area contributed by atoms with Crippen molar-refractivity contribution in [1.29, 1.82) is 0 Å². The van der Waals surface area contributed by atoms with Crippen LogP contribution >= 0.6 is 35.3 Å². The van der Waals surface area contributed by atoms with Crippen molar-refractivity contribution in [2.45, 2.75) is 19.4 Å². The topological polar surface area (TPSA) is 47.9 Å². The van der Waals surface area contributed by atoms with Crippen molar-refractivity contribution in [2.75, 3.05) is 26.7 Å². The summed E-state index contributed by atoms with van der Waals surface area (Å²) in [6, 6.07) is 10.0. The molecule has 0 aliphatic carbocycles. The Morgan fingerprint density at radius 3 is 2.64 bits per heavy atom. The third kappa shape index (κ3) is 7.29. The van der Waals surface area contributed by atoms with Gasteiger partial charge in [0.25, 0.3) is 0 Å². The molecule has 1 aromatic carbocycles. The lowest BCUT2D eigenvalue weighted by molar-refractivity contribution is 0.186. The molecule has 1 heterocycles. The first-order valence-electron chi connectivity index (χ1n) is 8.05. The molecule has 0 spiro atoms. The average molecular weight is 477 g/mol. The molecule has 7 heteroatoms.